The predicted octanol–water partition coefficient (Wildman–Crippen LogP) is 0.855. The van der Waals surface area contributed by atoms with Crippen LogP contribution in [0.2, 0.25) is 0 Å². The van der Waals surface area contributed by atoms with Gasteiger partial charge in [-0.3, -0.25) is 4.79 Å². The number of carbonyl (C=O) groups is 1. The third-order valence-corrected chi connectivity index (χ3v) is 3.45. The summed E-state index contributed by atoms with van der Waals surface area (Å²) in [4.78, 5) is 10.9. The Morgan fingerprint density at radius 2 is 1.80 bits per heavy atom. The number of amides is 1. The standard InChI is InChI=1S/C9H10ClNO3S/c1-15(13,14)7-4-2-6(3-5-7)8(10)9(11)12/h2-5,8H,1H3,(H2,11,12). The van der Waals surface area contributed by atoms with Crippen molar-refractivity contribution in [2.75, 3.05) is 6.26 Å². The minimum Gasteiger partial charge on any atom is -0.368 e. The van der Waals surface area contributed by atoms with Gasteiger partial charge in [0.25, 0.3) is 0 Å². The van der Waals surface area contributed by atoms with E-state index in [1.807, 2.05) is 0 Å². The fourth-order valence-corrected chi connectivity index (χ4v) is 1.82. The molecule has 0 aliphatic heterocycles. The molecule has 1 atom stereocenters. The van der Waals surface area contributed by atoms with E-state index in [1.165, 1.54) is 24.3 Å². The molecule has 1 aromatic rings. The molecule has 0 fully saturated rings. The first kappa shape index (κ1) is 12.0. The van der Waals surface area contributed by atoms with E-state index in [-0.39, 0.29) is 4.90 Å². The molecule has 15 heavy (non-hydrogen) atoms. The van der Waals surface area contributed by atoms with Crippen LogP contribution in [0, 0.1) is 0 Å². The van der Waals surface area contributed by atoms with Gasteiger partial charge in [0.1, 0.15) is 5.38 Å². The van der Waals surface area contributed by atoms with Crippen LogP contribution in [0.4, 0.5) is 0 Å². The molecular formula is C9H10ClNO3S. The van der Waals surface area contributed by atoms with E-state index in [0.29, 0.717) is 5.56 Å². The Morgan fingerprint density at radius 1 is 1.33 bits per heavy atom. The molecule has 1 unspecified atom stereocenters. The van der Waals surface area contributed by atoms with Gasteiger partial charge in [-0.2, -0.15) is 0 Å². The Balaban J connectivity index is 3.06. The van der Waals surface area contributed by atoms with Crippen LogP contribution in [0.1, 0.15) is 10.9 Å². The van der Waals surface area contributed by atoms with Gasteiger partial charge in [-0.1, -0.05) is 12.1 Å². The van der Waals surface area contributed by atoms with Crippen LogP contribution < -0.4 is 5.73 Å². The molecule has 0 saturated heterocycles. The molecule has 82 valence electrons. The maximum absolute atomic E-state index is 11.1. The Morgan fingerprint density at radius 3 is 2.13 bits per heavy atom. The van der Waals surface area contributed by atoms with E-state index in [4.69, 9.17) is 17.3 Å². The van der Waals surface area contributed by atoms with Gasteiger partial charge in [-0.15, -0.1) is 11.6 Å². The number of carbonyl (C=O) groups excluding carboxylic acids is 1. The van der Waals surface area contributed by atoms with Crippen molar-refractivity contribution in [3.63, 3.8) is 0 Å². The summed E-state index contributed by atoms with van der Waals surface area (Å²) in [5.41, 5.74) is 5.49. The Kier molecular flexibility index (Phi) is 3.36. The molecule has 1 aromatic carbocycles. The summed E-state index contributed by atoms with van der Waals surface area (Å²) < 4.78 is 22.2. The van der Waals surface area contributed by atoms with Gasteiger partial charge in [0, 0.05) is 6.26 Å². The third kappa shape index (κ3) is 2.94. The summed E-state index contributed by atoms with van der Waals surface area (Å²) in [5, 5.41) is -0.932. The monoisotopic (exact) mass is 247 g/mol. The van der Waals surface area contributed by atoms with Gasteiger partial charge in [-0.05, 0) is 17.7 Å². The average Bonchev–Trinajstić information content (AvgIpc) is 2.15. The number of halogens is 1. The molecule has 2 N–H and O–H groups in total. The molecule has 0 spiro atoms. The third-order valence-electron chi connectivity index (χ3n) is 1.85. The van der Waals surface area contributed by atoms with Gasteiger partial charge in [-0.25, -0.2) is 8.42 Å². The number of hydrogen-bond acceptors (Lipinski definition) is 3. The van der Waals surface area contributed by atoms with Crippen LogP contribution in [0.25, 0.3) is 0 Å². The molecule has 0 aliphatic rings. The first-order valence-electron chi connectivity index (χ1n) is 4.06. The van der Waals surface area contributed by atoms with Gasteiger partial charge in [0.2, 0.25) is 5.91 Å². The quantitative estimate of drug-likeness (QED) is 0.805. The number of rotatable bonds is 3. The fourth-order valence-electron chi connectivity index (χ4n) is 1.05. The summed E-state index contributed by atoms with van der Waals surface area (Å²) >= 11 is 5.68. The van der Waals surface area contributed by atoms with Crippen LogP contribution in [-0.2, 0) is 14.6 Å². The largest absolute Gasteiger partial charge is 0.368 e. The molecule has 0 aliphatic carbocycles. The van der Waals surface area contributed by atoms with Crippen molar-refractivity contribution in [3.05, 3.63) is 29.8 Å². The molecule has 0 aromatic heterocycles. The first-order chi connectivity index (χ1) is 6.82. The summed E-state index contributed by atoms with van der Waals surface area (Å²) in [6.07, 6.45) is 1.11. The highest BCUT2D eigenvalue weighted by Crippen LogP contribution is 2.21. The number of sulfone groups is 1. The molecular weight excluding hydrogens is 238 g/mol. The normalized spacial score (nSPS) is 13.5. The highest BCUT2D eigenvalue weighted by molar-refractivity contribution is 7.90. The molecule has 0 bridgehead atoms. The fraction of sp³-hybridized carbons (Fsp3) is 0.222. The van der Waals surface area contributed by atoms with E-state index < -0.39 is 21.1 Å². The number of primary amides is 1. The highest BCUT2D eigenvalue weighted by Gasteiger charge is 2.15. The SMILES string of the molecule is CS(=O)(=O)c1ccc(C(Cl)C(N)=O)cc1. The van der Waals surface area contributed by atoms with Crippen molar-refractivity contribution < 1.29 is 13.2 Å². The van der Waals surface area contributed by atoms with Crippen LogP contribution >= 0.6 is 11.6 Å². The Hall–Kier alpha value is -1.07. The number of nitrogens with two attached hydrogens (primary N) is 1. The minimum absolute atomic E-state index is 0.180. The molecule has 0 radical (unpaired) electrons. The van der Waals surface area contributed by atoms with Gasteiger partial charge in [0.05, 0.1) is 4.90 Å². The zero-order chi connectivity index (χ0) is 11.6. The molecule has 0 heterocycles. The topological polar surface area (TPSA) is 77.2 Å². The van der Waals surface area contributed by atoms with Crippen molar-refractivity contribution in [3.8, 4) is 0 Å². The number of alkyl halides is 1. The lowest BCUT2D eigenvalue weighted by molar-refractivity contribution is -0.117. The van der Waals surface area contributed by atoms with Crippen molar-refractivity contribution in [1.29, 1.82) is 0 Å². The Bertz CT molecular complexity index is 467. The average molecular weight is 248 g/mol. The van der Waals surface area contributed by atoms with Crippen LogP contribution in [0.3, 0.4) is 0 Å². The lowest BCUT2D eigenvalue weighted by Gasteiger charge is -2.05. The van der Waals surface area contributed by atoms with E-state index >= 15 is 0 Å². The first-order valence-corrected chi connectivity index (χ1v) is 6.38. The van der Waals surface area contributed by atoms with Gasteiger partial charge in [0.15, 0.2) is 9.84 Å². The van der Waals surface area contributed by atoms with Crippen molar-refractivity contribution in [2.45, 2.75) is 10.3 Å². The second kappa shape index (κ2) is 4.20. The lowest BCUT2D eigenvalue weighted by Crippen LogP contribution is -2.16. The second-order valence-electron chi connectivity index (χ2n) is 3.11. The van der Waals surface area contributed by atoms with Crippen molar-refractivity contribution in [2.24, 2.45) is 5.73 Å². The van der Waals surface area contributed by atoms with E-state index in [2.05, 4.69) is 0 Å². The summed E-state index contributed by atoms with van der Waals surface area (Å²) in [5.74, 6) is -0.663. The smallest absolute Gasteiger partial charge is 0.240 e. The van der Waals surface area contributed by atoms with Crippen LogP contribution in [0.15, 0.2) is 29.2 Å². The second-order valence-corrected chi connectivity index (χ2v) is 5.56. The van der Waals surface area contributed by atoms with Crippen molar-refractivity contribution in [1.82, 2.24) is 0 Å². The zero-order valence-corrected chi connectivity index (χ0v) is 9.55. The molecule has 1 amide bonds. The zero-order valence-electron chi connectivity index (χ0n) is 7.98. The van der Waals surface area contributed by atoms with Crippen molar-refractivity contribution >= 4 is 27.3 Å². The van der Waals surface area contributed by atoms with E-state index in [0.717, 1.165) is 6.26 Å². The maximum atomic E-state index is 11.1. The summed E-state index contributed by atoms with van der Waals surface area (Å²) in [6, 6.07) is 5.73. The minimum atomic E-state index is -3.22. The molecule has 1 rings (SSSR count). The number of hydrogen-bond donors (Lipinski definition) is 1. The molecule has 4 nitrogen and oxygen atoms in total. The van der Waals surface area contributed by atoms with Crippen LogP contribution in [0.5, 0.6) is 0 Å². The highest BCUT2D eigenvalue weighted by atomic mass is 35.5. The lowest BCUT2D eigenvalue weighted by atomic mass is 10.1. The van der Waals surface area contributed by atoms with Gasteiger partial charge >= 0.3 is 0 Å². The van der Waals surface area contributed by atoms with Crippen LogP contribution in [-0.4, -0.2) is 20.6 Å². The number of benzene rings is 1. The van der Waals surface area contributed by atoms with Gasteiger partial charge < -0.3 is 5.73 Å². The maximum Gasteiger partial charge on any atom is 0.240 e. The van der Waals surface area contributed by atoms with E-state index in [9.17, 15) is 13.2 Å². The molecule has 6 heteroatoms. The predicted molar refractivity (Wildman–Crippen MR) is 57.3 cm³/mol. The Labute approximate surface area is 93.0 Å². The summed E-state index contributed by atoms with van der Waals surface area (Å²) in [7, 11) is -3.22. The molecule has 0 saturated carbocycles. The summed E-state index contributed by atoms with van der Waals surface area (Å²) in [6.45, 7) is 0. The van der Waals surface area contributed by atoms with E-state index in [1.54, 1.807) is 0 Å².